The monoisotopic (exact) mass is 949 g/mol. The topological polar surface area (TPSA) is 127 Å². The zero-order chi connectivity index (χ0) is 47.3. The van der Waals surface area contributed by atoms with Gasteiger partial charge in [0.2, 0.25) is 0 Å². The fourth-order valence-corrected chi connectivity index (χ4v) is 11.0. The molecule has 0 amide bonds. The minimum atomic E-state index is -0.494. The normalized spacial score (nSPS) is 31.3. The van der Waals surface area contributed by atoms with Gasteiger partial charge < -0.3 is 33.5 Å². The van der Waals surface area contributed by atoms with E-state index < -0.39 is 6.10 Å². The fourth-order valence-electron chi connectivity index (χ4n) is 11.0. The van der Waals surface area contributed by atoms with Crippen molar-refractivity contribution in [3.05, 3.63) is 47.6 Å². The Bertz CT molecular complexity index is 1780. The van der Waals surface area contributed by atoms with Gasteiger partial charge in [0.05, 0.1) is 32.5 Å². The number of carbonyl (C=O) groups excluding carboxylic acids is 3. The number of methoxy groups -OCH3 is 2. The van der Waals surface area contributed by atoms with Crippen LogP contribution in [0.4, 0.5) is 0 Å². The van der Waals surface area contributed by atoms with Crippen molar-refractivity contribution in [3.63, 3.8) is 0 Å². The molecule has 2 aliphatic heterocycles. The lowest BCUT2D eigenvalue weighted by atomic mass is 9.89. The summed E-state index contributed by atoms with van der Waals surface area (Å²) in [6, 6.07) is 0. The molecule has 13 atom stereocenters. The first-order valence-corrected chi connectivity index (χ1v) is 25.4. The Kier molecular flexibility index (Phi) is 25.6. The highest BCUT2D eigenvalue weighted by molar-refractivity contribution is 7.59. The van der Waals surface area contributed by atoms with E-state index in [9.17, 15) is 19.5 Å². The number of fused-ring (bicyclic) bond motifs is 2. The van der Waals surface area contributed by atoms with Gasteiger partial charge in [-0.25, -0.2) is 0 Å². The average molecular weight is 949 g/mol. The minimum Gasteiger partial charge on any atom is -0.469 e. The van der Waals surface area contributed by atoms with Gasteiger partial charge in [-0.1, -0.05) is 55.4 Å². The number of ketones is 1. The number of rotatable bonds is 20. The lowest BCUT2D eigenvalue weighted by Gasteiger charge is -2.29. The van der Waals surface area contributed by atoms with E-state index in [1.165, 1.54) is 25.4 Å². The molecule has 0 aromatic heterocycles. The molecule has 6 rings (SSSR count). The molecule has 2 heterocycles. The predicted molar refractivity (Wildman–Crippen MR) is 268 cm³/mol. The number of carbonyl (C=O) groups is 3. The third-order valence-electron chi connectivity index (χ3n) is 14.9. The number of unbranched alkanes of at least 4 members (excludes halogenated alkanes) is 2. The molecule has 6 fully saturated rings. The average Bonchev–Trinajstić information content (AvgIpc) is 4.08. The molecular formula is C56H84O10S. The van der Waals surface area contributed by atoms with Gasteiger partial charge in [-0.15, -0.1) is 23.7 Å². The quantitative estimate of drug-likeness (QED) is 0.0414. The van der Waals surface area contributed by atoms with Crippen LogP contribution in [-0.4, -0.2) is 81.2 Å². The van der Waals surface area contributed by atoms with E-state index in [1.54, 1.807) is 6.08 Å². The lowest BCUT2D eigenvalue weighted by molar-refractivity contribution is -0.193. The van der Waals surface area contributed by atoms with Gasteiger partial charge in [-0.05, 0) is 152 Å². The third-order valence-corrected chi connectivity index (χ3v) is 14.9. The van der Waals surface area contributed by atoms with E-state index in [1.807, 2.05) is 33.8 Å². The standard InChI is InChI=1S/C28H42O5.C28H40O5.H2S/c2*1-4-5-10-20(2)25(29)15-14-23-24-18-21(11-6-7-12-27(30)31-3)17-22(24)19-26(23)33-28-13-8-9-16-32-28;/h11,14-15,20,22-26,28-29H,6-10,12-13,16-19H2,1-3H3;11,14-15,20,22-24,26,28H,6-10,12-13,16-19H2,1-3H3;1H2/b2*15-14+,21-11+;/t20?,22?,23-,24+,25-,26-,28?;20?,22?,23-,24+,26-,28?;/m11./s1. The molecule has 0 aromatic rings. The van der Waals surface area contributed by atoms with Crippen LogP contribution < -0.4 is 0 Å². The van der Waals surface area contributed by atoms with Crippen molar-refractivity contribution in [2.45, 2.75) is 187 Å². The smallest absolute Gasteiger partial charge is 0.305 e. The van der Waals surface area contributed by atoms with Crippen molar-refractivity contribution in [2.24, 2.45) is 47.3 Å². The number of hydrogen-bond acceptors (Lipinski definition) is 10. The summed E-state index contributed by atoms with van der Waals surface area (Å²) < 4.78 is 34.1. The zero-order valence-corrected chi connectivity index (χ0v) is 42.6. The predicted octanol–water partition coefficient (Wildman–Crippen LogP) is 10.7. The molecule has 67 heavy (non-hydrogen) atoms. The largest absolute Gasteiger partial charge is 0.469 e. The van der Waals surface area contributed by atoms with Crippen LogP contribution in [0.15, 0.2) is 47.6 Å². The number of ether oxygens (including phenoxy) is 6. The Labute approximate surface area is 410 Å². The highest BCUT2D eigenvalue weighted by Crippen LogP contribution is 2.53. The highest BCUT2D eigenvalue weighted by atomic mass is 32.1. The Morgan fingerprint density at radius 1 is 0.716 bits per heavy atom. The Hall–Kier alpha value is -3.16. The molecule has 11 heteroatoms. The first-order valence-electron chi connectivity index (χ1n) is 25.4. The Morgan fingerprint density at radius 2 is 1.21 bits per heavy atom. The van der Waals surface area contributed by atoms with Crippen LogP contribution in [0.1, 0.15) is 156 Å². The van der Waals surface area contributed by atoms with Gasteiger partial charge in [0.25, 0.3) is 0 Å². The number of aliphatic hydroxyl groups is 1. The lowest BCUT2D eigenvalue weighted by Crippen LogP contribution is -2.31. The second-order valence-corrected chi connectivity index (χ2v) is 19.7. The first-order chi connectivity index (χ1) is 32.0. The second kappa shape index (κ2) is 30.4. The number of hydrogen-bond donors (Lipinski definition) is 1. The van der Waals surface area contributed by atoms with Gasteiger partial charge in [0.1, 0.15) is 0 Å². The van der Waals surface area contributed by atoms with Crippen molar-refractivity contribution >= 4 is 31.2 Å². The summed E-state index contributed by atoms with van der Waals surface area (Å²) in [7, 11) is 2.88. The molecule has 0 radical (unpaired) electrons. The Balaban J connectivity index is 0.000000288. The van der Waals surface area contributed by atoms with Gasteiger partial charge in [0, 0.05) is 56.7 Å². The molecular weight excluding hydrogens is 865 g/mol. The maximum absolute atomic E-state index is 12.6. The number of aliphatic hydroxyl groups excluding tert-OH is 1. The fraction of sp³-hybridized carbons (Fsp3) is 0.732. The summed E-state index contributed by atoms with van der Waals surface area (Å²) in [4.78, 5) is 35.3. The van der Waals surface area contributed by atoms with E-state index in [4.69, 9.17) is 28.4 Å². The molecule has 10 nitrogen and oxygen atoms in total. The second-order valence-electron chi connectivity index (χ2n) is 19.7. The van der Waals surface area contributed by atoms with E-state index in [0.717, 1.165) is 116 Å². The molecule has 0 aromatic carbocycles. The van der Waals surface area contributed by atoms with Gasteiger partial charge >= 0.3 is 11.9 Å². The minimum absolute atomic E-state index is 0. The van der Waals surface area contributed by atoms with Crippen LogP contribution in [0.2, 0.25) is 0 Å². The summed E-state index contributed by atoms with van der Waals surface area (Å²) in [6.07, 6.45) is 31.0. The highest BCUT2D eigenvalue weighted by Gasteiger charge is 2.48. The molecule has 0 spiro atoms. The molecule has 0 bridgehead atoms. The molecule has 4 aliphatic carbocycles. The van der Waals surface area contributed by atoms with Crippen LogP contribution in [-0.2, 0) is 42.8 Å². The SMILES string of the molecule is CC#CCC(C)C(=O)/C=C/[C@H]1[C@H](OC2CCCCO2)CC2C/C(=C\CCCC(=O)OC)C[C@@H]21.CC#CCC(C)[C@H](O)/C=C/[C@H]1[C@H](OC2CCCCO2)CC2C/C(=C\CCCC(=O)OC)C[C@@H]21.S. The van der Waals surface area contributed by atoms with E-state index in [0.29, 0.717) is 55.3 Å². The first kappa shape index (κ1) is 56.4. The van der Waals surface area contributed by atoms with Crippen LogP contribution >= 0.6 is 13.5 Å². The summed E-state index contributed by atoms with van der Waals surface area (Å²) in [5.74, 6) is 14.5. The van der Waals surface area contributed by atoms with Crippen LogP contribution in [0.3, 0.4) is 0 Å². The maximum atomic E-state index is 12.6. The molecule has 4 saturated carbocycles. The summed E-state index contributed by atoms with van der Waals surface area (Å²) in [5, 5.41) is 10.6. The van der Waals surface area contributed by atoms with Crippen molar-refractivity contribution in [3.8, 4) is 23.7 Å². The molecule has 1 N–H and O–H groups in total. The van der Waals surface area contributed by atoms with Crippen molar-refractivity contribution in [1.29, 1.82) is 0 Å². The van der Waals surface area contributed by atoms with Gasteiger partial charge in [-0.2, -0.15) is 13.5 Å². The van der Waals surface area contributed by atoms with Crippen molar-refractivity contribution < 1.29 is 47.9 Å². The summed E-state index contributed by atoms with van der Waals surface area (Å²) >= 11 is 0. The van der Waals surface area contributed by atoms with E-state index in [2.05, 4.69) is 48.0 Å². The molecule has 374 valence electrons. The van der Waals surface area contributed by atoms with Gasteiger partial charge in [0.15, 0.2) is 18.4 Å². The number of allylic oxidation sites excluding steroid dienone is 5. The van der Waals surface area contributed by atoms with Crippen molar-refractivity contribution in [2.75, 3.05) is 27.4 Å². The molecule has 6 aliphatic rings. The summed E-state index contributed by atoms with van der Waals surface area (Å²) in [5.41, 5.74) is 2.99. The van der Waals surface area contributed by atoms with Crippen LogP contribution in [0.5, 0.6) is 0 Å². The Morgan fingerprint density at radius 3 is 1.67 bits per heavy atom. The zero-order valence-electron chi connectivity index (χ0n) is 41.6. The van der Waals surface area contributed by atoms with Gasteiger partial charge in [-0.3, -0.25) is 14.4 Å². The molecule has 6 unspecified atom stereocenters. The summed E-state index contributed by atoms with van der Waals surface area (Å²) in [6.45, 7) is 9.20. The van der Waals surface area contributed by atoms with E-state index in [-0.39, 0.29) is 73.8 Å². The van der Waals surface area contributed by atoms with Crippen molar-refractivity contribution in [1.82, 2.24) is 0 Å². The van der Waals surface area contributed by atoms with Crippen LogP contribution in [0, 0.1) is 71.0 Å². The number of esters is 2. The maximum Gasteiger partial charge on any atom is 0.305 e. The van der Waals surface area contributed by atoms with E-state index >= 15 is 0 Å². The molecule has 2 saturated heterocycles. The third kappa shape index (κ3) is 18.3. The van der Waals surface area contributed by atoms with Crippen LogP contribution in [0.25, 0.3) is 0 Å².